The van der Waals surface area contributed by atoms with Gasteiger partial charge < -0.3 is 14.2 Å². The molecule has 1 aromatic rings. The lowest BCUT2D eigenvalue weighted by molar-refractivity contribution is 0.167. The van der Waals surface area contributed by atoms with Gasteiger partial charge in [0, 0.05) is 0 Å². The molecule has 0 fully saturated rings. The summed E-state index contributed by atoms with van der Waals surface area (Å²) in [7, 11) is 3.04. The third-order valence-corrected chi connectivity index (χ3v) is 1.93. The number of hydrogen-bond acceptors (Lipinski definition) is 4. The van der Waals surface area contributed by atoms with Crippen LogP contribution >= 0.6 is 0 Å². The number of amides is 1. The van der Waals surface area contributed by atoms with Crippen LogP contribution in [0.5, 0.6) is 11.5 Å². The zero-order valence-corrected chi connectivity index (χ0v) is 9.57. The monoisotopic (exact) mass is 225 g/mol. The predicted molar refractivity (Wildman–Crippen MR) is 60.2 cm³/mol. The minimum atomic E-state index is -0.537. The first-order valence-corrected chi connectivity index (χ1v) is 4.87. The highest BCUT2D eigenvalue weighted by atomic mass is 16.5. The van der Waals surface area contributed by atoms with Crippen LogP contribution in [-0.2, 0) is 4.74 Å². The fourth-order valence-electron chi connectivity index (χ4n) is 1.24. The fourth-order valence-corrected chi connectivity index (χ4v) is 1.24. The van der Waals surface area contributed by atoms with E-state index in [1.54, 1.807) is 25.1 Å². The maximum Gasteiger partial charge on any atom is 0.411 e. The number of rotatable bonds is 4. The molecule has 0 radical (unpaired) electrons. The zero-order chi connectivity index (χ0) is 12.0. The Hall–Kier alpha value is -1.91. The van der Waals surface area contributed by atoms with E-state index in [1.807, 2.05) is 0 Å². The molecule has 0 saturated heterocycles. The number of benzene rings is 1. The third kappa shape index (κ3) is 2.79. The Morgan fingerprint density at radius 2 is 1.81 bits per heavy atom. The molecule has 1 amide bonds. The number of hydrogen-bond donors (Lipinski definition) is 1. The van der Waals surface area contributed by atoms with Crippen molar-refractivity contribution in [2.75, 3.05) is 26.1 Å². The molecule has 1 rings (SSSR count). The molecule has 16 heavy (non-hydrogen) atoms. The average molecular weight is 225 g/mol. The molecule has 5 nitrogen and oxygen atoms in total. The smallest absolute Gasteiger partial charge is 0.411 e. The van der Waals surface area contributed by atoms with Crippen LogP contribution in [0.15, 0.2) is 18.2 Å². The van der Waals surface area contributed by atoms with Gasteiger partial charge in [0.2, 0.25) is 0 Å². The molecule has 1 aromatic carbocycles. The van der Waals surface area contributed by atoms with Crippen molar-refractivity contribution in [3.8, 4) is 11.5 Å². The standard InChI is InChI=1S/C11H15NO4/c1-4-16-11(13)12-10-8(14-2)6-5-7-9(10)15-3/h5-7H,4H2,1-3H3,(H,12,13). The molecule has 0 atom stereocenters. The maximum absolute atomic E-state index is 11.3. The fraction of sp³-hybridized carbons (Fsp3) is 0.364. The normalized spacial score (nSPS) is 9.44. The van der Waals surface area contributed by atoms with Crippen LogP contribution in [-0.4, -0.2) is 26.9 Å². The van der Waals surface area contributed by atoms with Gasteiger partial charge >= 0.3 is 6.09 Å². The number of nitrogens with one attached hydrogen (secondary N) is 1. The molecule has 0 aliphatic carbocycles. The quantitative estimate of drug-likeness (QED) is 0.854. The van der Waals surface area contributed by atoms with Crippen LogP contribution in [0, 0.1) is 0 Å². The van der Waals surface area contributed by atoms with Crippen LogP contribution in [0.2, 0.25) is 0 Å². The van der Waals surface area contributed by atoms with Crippen molar-refractivity contribution in [1.29, 1.82) is 0 Å². The summed E-state index contributed by atoms with van der Waals surface area (Å²) in [6.45, 7) is 2.04. The lowest BCUT2D eigenvalue weighted by Gasteiger charge is -2.13. The molecule has 0 heterocycles. The highest BCUT2D eigenvalue weighted by Gasteiger charge is 2.12. The Morgan fingerprint density at radius 3 is 2.25 bits per heavy atom. The molecular formula is C11H15NO4. The van der Waals surface area contributed by atoms with Crippen LogP contribution in [0.25, 0.3) is 0 Å². The van der Waals surface area contributed by atoms with Gasteiger partial charge in [-0.15, -0.1) is 0 Å². The summed E-state index contributed by atoms with van der Waals surface area (Å²) < 4.78 is 15.0. The summed E-state index contributed by atoms with van der Waals surface area (Å²) in [6, 6.07) is 5.22. The average Bonchev–Trinajstić information content (AvgIpc) is 2.29. The van der Waals surface area contributed by atoms with Crippen molar-refractivity contribution < 1.29 is 19.0 Å². The Labute approximate surface area is 94.3 Å². The largest absolute Gasteiger partial charge is 0.494 e. The van der Waals surface area contributed by atoms with Gasteiger partial charge in [-0.05, 0) is 19.1 Å². The molecule has 5 heteroatoms. The predicted octanol–water partition coefficient (Wildman–Crippen LogP) is 2.27. The zero-order valence-electron chi connectivity index (χ0n) is 9.57. The Morgan fingerprint density at radius 1 is 1.25 bits per heavy atom. The van der Waals surface area contributed by atoms with Crippen molar-refractivity contribution >= 4 is 11.8 Å². The molecule has 0 aromatic heterocycles. The minimum absolute atomic E-state index is 0.309. The molecular weight excluding hydrogens is 210 g/mol. The van der Waals surface area contributed by atoms with E-state index in [0.717, 1.165) is 0 Å². The van der Waals surface area contributed by atoms with Crippen molar-refractivity contribution in [2.45, 2.75) is 6.92 Å². The molecule has 1 N–H and O–H groups in total. The molecule has 0 aliphatic rings. The third-order valence-electron chi connectivity index (χ3n) is 1.93. The lowest BCUT2D eigenvalue weighted by Crippen LogP contribution is -2.14. The van der Waals surface area contributed by atoms with Crippen molar-refractivity contribution in [2.24, 2.45) is 0 Å². The van der Waals surface area contributed by atoms with Crippen molar-refractivity contribution in [3.63, 3.8) is 0 Å². The summed E-state index contributed by atoms with van der Waals surface area (Å²) >= 11 is 0. The Balaban J connectivity index is 2.95. The minimum Gasteiger partial charge on any atom is -0.494 e. The van der Waals surface area contributed by atoms with E-state index in [9.17, 15) is 4.79 Å². The number of methoxy groups -OCH3 is 2. The van der Waals surface area contributed by atoms with Crippen LogP contribution < -0.4 is 14.8 Å². The summed E-state index contributed by atoms with van der Waals surface area (Å²) in [6.07, 6.45) is -0.537. The van der Waals surface area contributed by atoms with Gasteiger partial charge in [-0.2, -0.15) is 0 Å². The number of anilines is 1. The van der Waals surface area contributed by atoms with Gasteiger partial charge in [0.25, 0.3) is 0 Å². The SMILES string of the molecule is CCOC(=O)Nc1c(OC)cccc1OC. The summed E-state index contributed by atoms with van der Waals surface area (Å²) in [5.41, 5.74) is 0.464. The van der Waals surface area contributed by atoms with Crippen LogP contribution in [0.3, 0.4) is 0 Å². The first kappa shape index (κ1) is 12.2. The molecule has 0 unspecified atom stereocenters. The van der Waals surface area contributed by atoms with Crippen LogP contribution in [0.1, 0.15) is 6.92 Å². The second-order valence-electron chi connectivity index (χ2n) is 2.88. The highest BCUT2D eigenvalue weighted by Crippen LogP contribution is 2.34. The van der Waals surface area contributed by atoms with E-state index in [0.29, 0.717) is 23.8 Å². The summed E-state index contributed by atoms with van der Waals surface area (Å²) in [4.78, 5) is 11.3. The van der Waals surface area contributed by atoms with Gasteiger partial charge in [0.15, 0.2) is 0 Å². The molecule has 0 aliphatic heterocycles. The van der Waals surface area contributed by atoms with E-state index >= 15 is 0 Å². The summed E-state index contributed by atoms with van der Waals surface area (Å²) in [5, 5.41) is 2.57. The first-order valence-electron chi connectivity index (χ1n) is 4.87. The number of carbonyl (C=O) groups excluding carboxylic acids is 1. The van der Waals surface area contributed by atoms with Gasteiger partial charge in [-0.25, -0.2) is 4.79 Å². The molecule has 88 valence electrons. The molecule has 0 saturated carbocycles. The lowest BCUT2D eigenvalue weighted by atomic mass is 10.2. The summed E-state index contributed by atoms with van der Waals surface area (Å²) in [5.74, 6) is 1.04. The second-order valence-corrected chi connectivity index (χ2v) is 2.88. The Kier molecular flexibility index (Phi) is 4.44. The van der Waals surface area contributed by atoms with E-state index in [1.165, 1.54) is 14.2 Å². The first-order chi connectivity index (χ1) is 7.72. The van der Waals surface area contributed by atoms with Gasteiger partial charge in [0.1, 0.15) is 17.2 Å². The maximum atomic E-state index is 11.3. The number of carbonyl (C=O) groups is 1. The second kappa shape index (κ2) is 5.85. The Bertz CT molecular complexity index is 343. The van der Waals surface area contributed by atoms with Gasteiger partial charge in [-0.3, -0.25) is 5.32 Å². The van der Waals surface area contributed by atoms with Crippen molar-refractivity contribution in [3.05, 3.63) is 18.2 Å². The topological polar surface area (TPSA) is 56.8 Å². The van der Waals surface area contributed by atoms with E-state index < -0.39 is 6.09 Å². The molecule has 0 bridgehead atoms. The number of ether oxygens (including phenoxy) is 3. The van der Waals surface area contributed by atoms with Gasteiger partial charge in [-0.1, -0.05) is 6.07 Å². The van der Waals surface area contributed by atoms with Crippen molar-refractivity contribution in [1.82, 2.24) is 0 Å². The number of para-hydroxylation sites is 1. The highest BCUT2D eigenvalue weighted by molar-refractivity contribution is 5.89. The van der Waals surface area contributed by atoms with E-state index in [4.69, 9.17) is 14.2 Å². The van der Waals surface area contributed by atoms with Gasteiger partial charge in [0.05, 0.1) is 20.8 Å². The van der Waals surface area contributed by atoms with E-state index in [-0.39, 0.29) is 0 Å². The molecule has 0 spiro atoms. The van der Waals surface area contributed by atoms with Crippen LogP contribution in [0.4, 0.5) is 10.5 Å². The van der Waals surface area contributed by atoms with E-state index in [2.05, 4.69) is 5.32 Å².